The maximum absolute atomic E-state index is 13.5. The van der Waals surface area contributed by atoms with Crippen molar-refractivity contribution in [3.05, 3.63) is 59.7 Å². The van der Waals surface area contributed by atoms with E-state index in [4.69, 9.17) is 14.5 Å². The highest BCUT2D eigenvalue weighted by molar-refractivity contribution is 5.99. The molecule has 0 N–H and O–H groups in total. The zero-order chi connectivity index (χ0) is 33.4. The van der Waals surface area contributed by atoms with Gasteiger partial charge in [-0.15, -0.1) is 0 Å². The number of hydrogen-bond acceptors (Lipinski definition) is 7. The average Bonchev–Trinajstić information content (AvgIpc) is 3.57. The molecule has 9 heteroatoms. The van der Waals surface area contributed by atoms with Crippen molar-refractivity contribution >= 4 is 29.4 Å². The van der Waals surface area contributed by atoms with E-state index < -0.39 is 11.6 Å². The second-order valence-electron chi connectivity index (χ2n) is 14.0. The van der Waals surface area contributed by atoms with E-state index in [0.717, 1.165) is 55.5 Å². The number of ether oxygens (including phenoxy) is 2. The third-order valence-corrected chi connectivity index (χ3v) is 9.80. The van der Waals surface area contributed by atoms with E-state index >= 15 is 0 Å². The van der Waals surface area contributed by atoms with Gasteiger partial charge in [0.2, 0.25) is 17.8 Å². The van der Waals surface area contributed by atoms with E-state index in [2.05, 4.69) is 0 Å². The molecule has 0 spiro atoms. The lowest BCUT2D eigenvalue weighted by Gasteiger charge is -2.40. The van der Waals surface area contributed by atoms with Crippen LogP contribution in [0.1, 0.15) is 103 Å². The Labute approximate surface area is 280 Å². The van der Waals surface area contributed by atoms with E-state index in [1.807, 2.05) is 79.2 Å². The Morgan fingerprint density at radius 2 is 1.66 bits per heavy atom. The molecule has 1 aliphatic heterocycles. The Morgan fingerprint density at radius 1 is 0.957 bits per heavy atom. The standard InChI is InChI=1S/C38H52N4O5/c1-28(43)42(32-18-9-6-10-19-32)37-39-34-22-21-33(46-23-13-20-35(44)40(4)25-29-14-11-12-15-29)24-30(34)26-41(37)27-36(45)47-38(2,3)31-16-7-5-8-17-31/h5,7-8,16-17,21-22,24,29,32H,6,9-15,18-20,23,25-27H2,1-4H3. The maximum Gasteiger partial charge on any atom is 0.326 e. The summed E-state index contributed by atoms with van der Waals surface area (Å²) in [4.78, 5) is 49.8. The number of carbonyl (C=O) groups is 3. The smallest absolute Gasteiger partial charge is 0.326 e. The summed E-state index contributed by atoms with van der Waals surface area (Å²) in [5, 5.41) is 0. The monoisotopic (exact) mass is 644 g/mol. The van der Waals surface area contributed by atoms with Gasteiger partial charge in [-0.2, -0.15) is 0 Å². The zero-order valence-electron chi connectivity index (χ0n) is 28.7. The number of amides is 2. The molecule has 0 atom stereocenters. The van der Waals surface area contributed by atoms with Gasteiger partial charge < -0.3 is 19.3 Å². The lowest BCUT2D eigenvalue weighted by Crippen LogP contribution is -2.53. The largest absolute Gasteiger partial charge is 0.494 e. The fraction of sp³-hybridized carbons (Fsp3) is 0.579. The van der Waals surface area contributed by atoms with Crippen molar-refractivity contribution in [2.45, 2.75) is 110 Å². The highest BCUT2D eigenvalue weighted by atomic mass is 16.6. The number of benzene rings is 2. The topological polar surface area (TPSA) is 91.8 Å². The lowest BCUT2D eigenvalue weighted by atomic mass is 9.94. The molecule has 0 saturated heterocycles. The normalized spacial score (nSPS) is 17.1. The third-order valence-electron chi connectivity index (χ3n) is 9.80. The van der Waals surface area contributed by atoms with Gasteiger partial charge in [0.25, 0.3) is 0 Å². The van der Waals surface area contributed by atoms with Crippen molar-refractivity contribution in [2.75, 3.05) is 26.7 Å². The van der Waals surface area contributed by atoms with Gasteiger partial charge in [0, 0.05) is 45.1 Å². The first-order valence-electron chi connectivity index (χ1n) is 17.5. The minimum atomic E-state index is -0.819. The van der Waals surface area contributed by atoms with Crippen molar-refractivity contribution in [2.24, 2.45) is 10.9 Å². The van der Waals surface area contributed by atoms with Crippen LogP contribution in [0, 0.1) is 5.92 Å². The molecule has 2 aromatic carbocycles. The van der Waals surface area contributed by atoms with Crippen LogP contribution in [0.25, 0.3) is 0 Å². The number of esters is 1. The van der Waals surface area contributed by atoms with Gasteiger partial charge in [0.05, 0.1) is 12.3 Å². The number of carbonyl (C=O) groups excluding carboxylic acids is 3. The van der Waals surface area contributed by atoms with Crippen LogP contribution in [0.3, 0.4) is 0 Å². The zero-order valence-corrected chi connectivity index (χ0v) is 28.7. The number of fused-ring (bicyclic) bond motifs is 1. The summed E-state index contributed by atoms with van der Waals surface area (Å²) in [5.41, 5.74) is 1.75. The molecule has 2 saturated carbocycles. The molecule has 3 aliphatic rings. The highest BCUT2D eigenvalue weighted by Gasteiger charge is 2.35. The SMILES string of the molecule is CC(=O)N(C1=Nc2ccc(OCCCC(=O)N(C)CC3CCCC3)cc2CN1CC(=O)OC(C)(C)c1ccccc1)C1CCCCC1. The van der Waals surface area contributed by atoms with Gasteiger partial charge in [0.1, 0.15) is 17.9 Å². The number of guanidine groups is 1. The van der Waals surface area contributed by atoms with Gasteiger partial charge in [-0.1, -0.05) is 62.4 Å². The van der Waals surface area contributed by atoms with Crippen molar-refractivity contribution < 1.29 is 23.9 Å². The summed E-state index contributed by atoms with van der Waals surface area (Å²) >= 11 is 0. The number of aliphatic imine (C=N–C) groups is 1. The highest BCUT2D eigenvalue weighted by Crippen LogP contribution is 2.34. The molecular formula is C38H52N4O5. The quantitative estimate of drug-likeness (QED) is 0.183. The fourth-order valence-corrected chi connectivity index (χ4v) is 7.23. The molecule has 2 amide bonds. The molecule has 2 fully saturated rings. The van der Waals surface area contributed by atoms with E-state index in [-0.39, 0.29) is 24.4 Å². The van der Waals surface area contributed by atoms with Gasteiger partial charge in [-0.05, 0) is 75.6 Å². The number of rotatable bonds is 12. The number of hydrogen-bond donors (Lipinski definition) is 0. The minimum Gasteiger partial charge on any atom is -0.494 e. The molecule has 254 valence electrons. The molecule has 1 heterocycles. The van der Waals surface area contributed by atoms with Gasteiger partial charge >= 0.3 is 5.97 Å². The first-order valence-corrected chi connectivity index (χ1v) is 17.5. The second kappa shape index (κ2) is 15.8. The molecule has 5 rings (SSSR count). The van der Waals surface area contributed by atoms with Crippen LogP contribution in [-0.2, 0) is 31.3 Å². The summed E-state index contributed by atoms with van der Waals surface area (Å²) in [7, 11) is 1.91. The maximum atomic E-state index is 13.5. The fourth-order valence-electron chi connectivity index (χ4n) is 7.23. The van der Waals surface area contributed by atoms with Crippen molar-refractivity contribution in [3.63, 3.8) is 0 Å². The van der Waals surface area contributed by atoms with E-state index in [1.54, 1.807) is 11.8 Å². The first-order chi connectivity index (χ1) is 22.6. The van der Waals surface area contributed by atoms with Crippen molar-refractivity contribution in [3.8, 4) is 5.75 Å². The lowest BCUT2D eigenvalue weighted by molar-refractivity contribution is -0.158. The predicted octanol–water partition coefficient (Wildman–Crippen LogP) is 6.96. The summed E-state index contributed by atoms with van der Waals surface area (Å²) in [6.45, 7) is 6.96. The second-order valence-corrected chi connectivity index (χ2v) is 14.0. The molecule has 2 aliphatic carbocycles. The molecule has 47 heavy (non-hydrogen) atoms. The van der Waals surface area contributed by atoms with E-state index in [9.17, 15) is 14.4 Å². The molecule has 0 radical (unpaired) electrons. The summed E-state index contributed by atoms with van der Waals surface area (Å²) in [6.07, 6.45) is 11.2. The molecule has 0 aromatic heterocycles. The first kappa shape index (κ1) is 34.5. The van der Waals surface area contributed by atoms with Crippen molar-refractivity contribution in [1.82, 2.24) is 14.7 Å². The summed E-state index contributed by atoms with van der Waals surface area (Å²) in [6, 6.07) is 15.5. The molecule has 0 bridgehead atoms. The van der Waals surface area contributed by atoms with Crippen LogP contribution in [0.5, 0.6) is 5.75 Å². The number of nitrogens with zero attached hydrogens (tertiary/aromatic N) is 4. The van der Waals surface area contributed by atoms with Gasteiger partial charge in [-0.25, -0.2) is 4.99 Å². The molecular weight excluding hydrogens is 592 g/mol. The van der Waals surface area contributed by atoms with Gasteiger partial charge in [-0.3, -0.25) is 19.3 Å². The van der Waals surface area contributed by atoms with Crippen LogP contribution in [0.15, 0.2) is 53.5 Å². The molecule has 2 aromatic rings. The van der Waals surface area contributed by atoms with Crippen LogP contribution in [0.4, 0.5) is 5.69 Å². The van der Waals surface area contributed by atoms with Crippen LogP contribution >= 0.6 is 0 Å². The molecule has 0 unspecified atom stereocenters. The minimum absolute atomic E-state index is 0.0448. The van der Waals surface area contributed by atoms with Crippen LogP contribution in [0.2, 0.25) is 0 Å². The predicted molar refractivity (Wildman–Crippen MR) is 183 cm³/mol. The van der Waals surface area contributed by atoms with E-state index in [1.165, 1.54) is 25.7 Å². The van der Waals surface area contributed by atoms with Gasteiger partial charge in [0.15, 0.2) is 0 Å². The Balaban J connectivity index is 1.27. The molecule has 9 nitrogen and oxygen atoms in total. The Morgan fingerprint density at radius 3 is 2.36 bits per heavy atom. The average molecular weight is 645 g/mol. The summed E-state index contributed by atoms with van der Waals surface area (Å²) in [5.74, 6) is 1.53. The Bertz CT molecular complexity index is 1410. The summed E-state index contributed by atoms with van der Waals surface area (Å²) < 4.78 is 12.1. The van der Waals surface area contributed by atoms with Crippen molar-refractivity contribution in [1.29, 1.82) is 0 Å². The Kier molecular flexibility index (Phi) is 11.6. The van der Waals surface area contributed by atoms with E-state index in [0.29, 0.717) is 43.6 Å². The van der Waals surface area contributed by atoms with Crippen LogP contribution in [-0.4, -0.2) is 71.2 Å². The Hall–Kier alpha value is -3.88. The third kappa shape index (κ3) is 9.14. The van der Waals surface area contributed by atoms with Crippen LogP contribution < -0.4 is 4.74 Å².